The predicted molar refractivity (Wildman–Crippen MR) is 57.3 cm³/mol. The Kier molecular flexibility index (Phi) is 4.20. The highest BCUT2D eigenvalue weighted by atomic mass is 16.2. The number of amides is 2. The van der Waals surface area contributed by atoms with E-state index in [4.69, 9.17) is 0 Å². The smallest absolute Gasteiger partial charge is 0.317 e. The van der Waals surface area contributed by atoms with Crippen molar-refractivity contribution in [2.45, 2.75) is 26.3 Å². The Labute approximate surface area is 86.0 Å². The van der Waals surface area contributed by atoms with Crippen LogP contribution in [0.3, 0.4) is 0 Å². The molecule has 0 bridgehead atoms. The Morgan fingerprint density at radius 2 is 2.36 bits per heavy atom. The van der Waals surface area contributed by atoms with Gasteiger partial charge in [0.15, 0.2) is 0 Å². The van der Waals surface area contributed by atoms with Gasteiger partial charge in [-0.25, -0.2) is 4.79 Å². The molecule has 0 aromatic heterocycles. The minimum Gasteiger partial charge on any atom is -0.334 e. The summed E-state index contributed by atoms with van der Waals surface area (Å²) in [5.41, 5.74) is 0. The first kappa shape index (κ1) is 11.3. The molecule has 1 aliphatic rings. The van der Waals surface area contributed by atoms with Crippen molar-refractivity contribution < 1.29 is 4.79 Å². The van der Waals surface area contributed by atoms with Crippen molar-refractivity contribution in [3.63, 3.8) is 0 Å². The van der Waals surface area contributed by atoms with Gasteiger partial charge >= 0.3 is 6.03 Å². The second-order valence-corrected chi connectivity index (χ2v) is 4.04. The third-order valence-electron chi connectivity index (χ3n) is 2.96. The van der Waals surface area contributed by atoms with Gasteiger partial charge in [0.2, 0.25) is 0 Å². The van der Waals surface area contributed by atoms with Gasteiger partial charge in [0, 0.05) is 26.2 Å². The zero-order valence-electron chi connectivity index (χ0n) is 9.34. The molecule has 0 spiro atoms. The van der Waals surface area contributed by atoms with E-state index in [1.165, 1.54) is 0 Å². The first-order chi connectivity index (χ1) is 6.65. The fourth-order valence-corrected chi connectivity index (χ4v) is 1.60. The van der Waals surface area contributed by atoms with Gasteiger partial charge < -0.3 is 15.5 Å². The van der Waals surface area contributed by atoms with Crippen LogP contribution in [0, 0.1) is 5.92 Å². The van der Waals surface area contributed by atoms with Crippen molar-refractivity contribution in [1.82, 2.24) is 15.5 Å². The van der Waals surface area contributed by atoms with E-state index in [1.807, 2.05) is 14.0 Å². The van der Waals surface area contributed by atoms with Crippen LogP contribution in [0.15, 0.2) is 0 Å². The zero-order chi connectivity index (χ0) is 10.6. The third-order valence-corrected chi connectivity index (χ3v) is 2.96. The van der Waals surface area contributed by atoms with Gasteiger partial charge in [-0.2, -0.15) is 0 Å². The second-order valence-electron chi connectivity index (χ2n) is 4.04. The van der Waals surface area contributed by atoms with Crippen LogP contribution in [0.25, 0.3) is 0 Å². The van der Waals surface area contributed by atoms with E-state index in [9.17, 15) is 4.79 Å². The number of rotatable bonds is 2. The Hall–Kier alpha value is -0.770. The number of carbonyl (C=O) groups is 1. The number of piperidine rings is 1. The molecule has 2 unspecified atom stereocenters. The van der Waals surface area contributed by atoms with Crippen molar-refractivity contribution >= 4 is 6.03 Å². The van der Waals surface area contributed by atoms with Crippen LogP contribution in [-0.2, 0) is 0 Å². The Morgan fingerprint density at radius 1 is 1.64 bits per heavy atom. The fourth-order valence-electron chi connectivity index (χ4n) is 1.60. The van der Waals surface area contributed by atoms with Gasteiger partial charge in [-0.3, -0.25) is 0 Å². The number of urea groups is 1. The standard InChI is InChI=1S/C10H21N3O/c1-4-13(3)10(14)12-9-7-11-6-5-8(9)2/h8-9,11H,4-7H2,1-3H3,(H,12,14). The molecule has 1 saturated heterocycles. The molecule has 4 heteroatoms. The molecule has 0 aliphatic carbocycles. The maximum Gasteiger partial charge on any atom is 0.317 e. The molecule has 0 saturated carbocycles. The molecule has 1 heterocycles. The number of carbonyl (C=O) groups excluding carboxylic acids is 1. The van der Waals surface area contributed by atoms with Crippen molar-refractivity contribution in [3.8, 4) is 0 Å². The quantitative estimate of drug-likeness (QED) is 0.685. The molecule has 4 nitrogen and oxygen atoms in total. The zero-order valence-corrected chi connectivity index (χ0v) is 9.34. The normalized spacial score (nSPS) is 27.1. The molecule has 14 heavy (non-hydrogen) atoms. The summed E-state index contributed by atoms with van der Waals surface area (Å²) < 4.78 is 0. The molecule has 1 rings (SSSR count). The predicted octanol–water partition coefficient (Wildman–Crippen LogP) is 0.646. The first-order valence-corrected chi connectivity index (χ1v) is 5.37. The molecule has 1 fully saturated rings. The monoisotopic (exact) mass is 199 g/mol. The van der Waals surface area contributed by atoms with E-state index < -0.39 is 0 Å². The number of hydrogen-bond acceptors (Lipinski definition) is 2. The van der Waals surface area contributed by atoms with E-state index in [0.29, 0.717) is 5.92 Å². The van der Waals surface area contributed by atoms with Crippen molar-refractivity contribution in [3.05, 3.63) is 0 Å². The minimum absolute atomic E-state index is 0.0352. The van der Waals surface area contributed by atoms with E-state index in [1.54, 1.807) is 4.90 Å². The number of nitrogens with zero attached hydrogens (tertiary/aromatic N) is 1. The highest BCUT2D eigenvalue weighted by molar-refractivity contribution is 5.74. The Morgan fingerprint density at radius 3 is 2.93 bits per heavy atom. The lowest BCUT2D eigenvalue weighted by atomic mass is 9.95. The summed E-state index contributed by atoms with van der Waals surface area (Å²) in [5.74, 6) is 0.574. The molecule has 2 atom stereocenters. The summed E-state index contributed by atoms with van der Waals surface area (Å²) in [7, 11) is 1.82. The van der Waals surface area contributed by atoms with Crippen molar-refractivity contribution in [2.24, 2.45) is 5.92 Å². The average molecular weight is 199 g/mol. The molecule has 2 amide bonds. The highest BCUT2D eigenvalue weighted by Gasteiger charge is 2.23. The molecule has 0 radical (unpaired) electrons. The topological polar surface area (TPSA) is 44.4 Å². The molecule has 2 N–H and O–H groups in total. The van der Waals surface area contributed by atoms with E-state index >= 15 is 0 Å². The van der Waals surface area contributed by atoms with Crippen LogP contribution < -0.4 is 10.6 Å². The third kappa shape index (κ3) is 2.87. The summed E-state index contributed by atoms with van der Waals surface area (Å²) in [4.78, 5) is 13.3. The molecule has 82 valence electrons. The first-order valence-electron chi connectivity index (χ1n) is 5.37. The van der Waals surface area contributed by atoms with E-state index in [2.05, 4.69) is 17.6 Å². The Balaban J connectivity index is 2.38. The largest absolute Gasteiger partial charge is 0.334 e. The second kappa shape index (κ2) is 5.20. The van der Waals surface area contributed by atoms with Crippen LogP contribution in [0.5, 0.6) is 0 Å². The lowest BCUT2D eigenvalue weighted by Crippen LogP contribution is -2.53. The molecular formula is C10H21N3O. The van der Waals surface area contributed by atoms with Gasteiger partial charge in [0.25, 0.3) is 0 Å². The summed E-state index contributed by atoms with van der Waals surface area (Å²) in [6.07, 6.45) is 1.14. The lowest BCUT2D eigenvalue weighted by Gasteiger charge is -2.31. The van der Waals surface area contributed by atoms with Gasteiger partial charge in [0.05, 0.1) is 0 Å². The Bertz CT molecular complexity index is 196. The van der Waals surface area contributed by atoms with E-state index in [0.717, 1.165) is 26.1 Å². The fraction of sp³-hybridized carbons (Fsp3) is 0.900. The number of hydrogen-bond donors (Lipinski definition) is 2. The maximum atomic E-state index is 11.6. The van der Waals surface area contributed by atoms with E-state index in [-0.39, 0.29) is 12.1 Å². The van der Waals surface area contributed by atoms with Crippen LogP contribution in [-0.4, -0.2) is 43.7 Å². The van der Waals surface area contributed by atoms with Crippen LogP contribution in [0.1, 0.15) is 20.3 Å². The maximum absolute atomic E-state index is 11.6. The molecule has 0 aromatic rings. The average Bonchev–Trinajstić information content (AvgIpc) is 2.20. The summed E-state index contributed by atoms with van der Waals surface area (Å²) in [6, 6.07) is 0.318. The summed E-state index contributed by atoms with van der Waals surface area (Å²) in [6.45, 7) is 6.88. The summed E-state index contributed by atoms with van der Waals surface area (Å²) >= 11 is 0. The van der Waals surface area contributed by atoms with Gasteiger partial charge in [0.1, 0.15) is 0 Å². The van der Waals surface area contributed by atoms with Gasteiger partial charge in [-0.05, 0) is 25.8 Å². The minimum atomic E-state index is 0.0352. The van der Waals surface area contributed by atoms with Crippen molar-refractivity contribution in [2.75, 3.05) is 26.7 Å². The van der Waals surface area contributed by atoms with Crippen LogP contribution in [0.2, 0.25) is 0 Å². The molecule has 0 aromatic carbocycles. The van der Waals surface area contributed by atoms with Gasteiger partial charge in [-0.15, -0.1) is 0 Å². The van der Waals surface area contributed by atoms with Crippen molar-refractivity contribution in [1.29, 1.82) is 0 Å². The van der Waals surface area contributed by atoms with Crippen LogP contribution in [0.4, 0.5) is 4.79 Å². The number of nitrogens with one attached hydrogen (secondary N) is 2. The SMILES string of the molecule is CCN(C)C(=O)NC1CNCCC1C. The molecule has 1 aliphatic heterocycles. The van der Waals surface area contributed by atoms with Gasteiger partial charge in [-0.1, -0.05) is 6.92 Å². The summed E-state index contributed by atoms with van der Waals surface area (Å²) in [5, 5.41) is 6.34. The van der Waals surface area contributed by atoms with Crippen LogP contribution >= 0.6 is 0 Å². The molecular weight excluding hydrogens is 178 g/mol. The lowest BCUT2D eigenvalue weighted by molar-refractivity contribution is 0.196. The highest BCUT2D eigenvalue weighted by Crippen LogP contribution is 2.11.